The van der Waals surface area contributed by atoms with Gasteiger partial charge in [-0.25, -0.2) is 4.98 Å². The number of aromatic nitrogens is 1. The first-order valence-electron chi connectivity index (χ1n) is 5.46. The lowest BCUT2D eigenvalue weighted by Crippen LogP contribution is -2.24. The summed E-state index contributed by atoms with van der Waals surface area (Å²) in [5.41, 5.74) is 7.22. The molecule has 1 aromatic carbocycles. The molecule has 0 fully saturated rings. The molecule has 18 heavy (non-hydrogen) atoms. The SMILES string of the molecule is NC1CC(c2ncc(Cl)s2)Oc2ccc(Br)cc21. The van der Waals surface area contributed by atoms with Gasteiger partial charge in [-0.15, -0.1) is 11.3 Å². The van der Waals surface area contributed by atoms with Crippen molar-refractivity contribution in [3.63, 3.8) is 0 Å². The summed E-state index contributed by atoms with van der Waals surface area (Å²) in [4.78, 5) is 4.26. The van der Waals surface area contributed by atoms with E-state index in [4.69, 9.17) is 22.1 Å². The second-order valence-corrected chi connectivity index (χ2v) is 6.74. The maximum atomic E-state index is 6.19. The molecule has 1 aromatic heterocycles. The molecule has 3 nitrogen and oxygen atoms in total. The van der Waals surface area contributed by atoms with Crippen LogP contribution in [0.5, 0.6) is 5.75 Å². The van der Waals surface area contributed by atoms with Gasteiger partial charge in [-0.3, -0.25) is 0 Å². The van der Waals surface area contributed by atoms with E-state index in [0.717, 1.165) is 20.8 Å². The molecule has 0 saturated carbocycles. The molecule has 0 saturated heterocycles. The van der Waals surface area contributed by atoms with E-state index in [1.165, 1.54) is 11.3 Å². The van der Waals surface area contributed by atoms with Crippen LogP contribution in [0.25, 0.3) is 0 Å². The van der Waals surface area contributed by atoms with Gasteiger partial charge in [0.05, 0.1) is 6.20 Å². The molecule has 0 bridgehead atoms. The molecular formula is C12H10BrClN2OS. The molecule has 3 rings (SSSR count). The molecule has 6 heteroatoms. The number of nitrogens with zero attached hydrogens (tertiary/aromatic N) is 1. The van der Waals surface area contributed by atoms with Crippen LogP contribution in [-0.4, -0.2) is 4.98 Å². The topological polar surface area (TPSA) is 48.1 Å². The summed E-state index contributed by atoms with van der Waals surface area (Å²) < 4.78 is 7.63. The second-order valence-electron chi connectivity index (χ2n) is 4.13. The number of benzene rings is 1. The Bertz CT molecular complexity index is 589. The van der Waals surface area contributed by atoms with E-state index in [9.17, 15) is 0 Å². The molecule has 94 valence electrons. The fraction of sp³-hybridized carbons (Fsp3) is 0.250. The molecule has 1 aliphatic heterocycles. The number of fused-ring (bicyclic) bond motifs is 1. The van der Waals surface area contributed by atoms with Crippen molar-refractivity contribution < 1.29 is 4.74 Å². The first-order valence-corrected chi connectivity index (χ1v) is 7.45. The van der Waals surface area contributed by atoms with Crippen LogP contribution < -0.4 is 10.5 Å². The monoisotopic (exact) mass is 344 g/mol. The Labute approximate surface area is 122 Å². The third-order valence-corrected chi connectivity index (χ3v) is 4.58. The standard InChI is InChI=1S/C12H10BrClN2OS/c13-6-1-2-9-7(3-6)8(15)4-10(17-9)12-16-5-11(14)18-12/h1-3,5,8,10H,4,15H2. The molecule has 0 amide bonds. The van der Waals surface area contributed by atoms with Crippen molar-refractivity contribution in [2.45, 2.75) is 18.6 Å². The predicted molar refractivity (Wildman–Crippen MR) is 76.2 cm³/mol. The number of halogens is 2. The summed E-state index contributed by atoms with van der Waals surface area (Å²) >= 11 is 10.8. The molecule has 0 spiro atoms. The molecular weight excluding hydrogens is 336 g/mol. The molecule has 0 aliphatic carbocycles. The van der Waals surface area contributed by atoms with Crippen molar-refractivity contribution in [3.8, 4) is 5.75 Å². The van der Waals surface area contributed by atoms with Gasteiger partial charge < -0.3 is 10.5 Å². The van der Waals surface area contributed by atoms with Crippen LogP contribution in [0.1, 0.15) is 29.1 Å². The lowest BCUT2D eigenvalue weighted by Gasteiger charge is -2.29. The Morgan fingerprint density at radius 1 is 1.50 bits per heavy atom. The Hall–Kier alpha value is -0.620. The van der Waals surface area contributed by atoms with Crippen molar-refractivity contribution >= 4 is 38.9 Å². The quantitative estimate of drug-likeness (QED) is 0.847. The van der Waals surface area contributed by atoms with Crippen molar-refractivity contribution in [1.82, 2.24) is 4.98 Å². The van der Waals surface area contributed by atoms with Crippen LogP contribution in [0, 0.1) is 0 Å². The van der Waals surface area contributed by atoms with Crippen molar-refractivity contribution in [1.29, 1.82) is 0 Å². The Kier molecular flexibility index (Phi) is 3.32. The zero-order valence-corrected chi connectivity index (χ0v) is 12.4. The minimum absolute atomic E-state index is 0.0427. The second kappa shape index (κ2) is 4.81. The van der Waals surface area contributed by atoms with E-state index in [1.54, 1.807) is 6.20 Å². The van der Waals surface area contributed by atoms with Gasteiger partial charge in [0.2, 0.25) is 0 Å². The number of nitrogens with two attached hydrogens (primary N) is 1. The van der Waals surface area contributed by atoms with Gasteiger partial charge in [-0.2, -0.15) is 0 Å². The van der Waals surface area contributed by atoms with E-state index in [0.29, 0.717) is 10.8 Å². The Balaban J connectivity index is 1.94. The summed E-state index contributed by atoms with van der Waals surface area (Å²) in [6.07, 6.45) is 2.26. The number of hydrogen-bond acceptors (Lipinski definition) is 4. The Morgan fingerprint density at radius 3 is 3.06 bits per heavy atom. The maximum Gasteiger partial charge on any atom is 0.152 e. The lowest BCUT2D eigenvalue weighted by molar-refractivity contribution is 0.161. The first kappa shape index (κ1) is 12.4. The lowest BCUT2D eigenvalue weighted by atomic mass is 9.97. The molecule has 1 aliphatic rings. The molecule has 2 unspecified atom stereocenters. The predicted octanol–water partition coefficient (Wildman–Crippen LogP) is 4.08. The number of ether oxygens (including phenoxy) is 1. The average Bonchev–Trinajstić information content (AvgIpc) is 2.77. The van der Waals surface area contributed by atoms with Gasteiger partial charge in [0.25, 0.3) is 0 Å². The summed E-state index contributed by atoms with van der Waals surface area (Å²) in [5.74, 6) is 0.827. The van der Waals surface area contributed by atoms with Crippen molar-refractivity contribution in [3.05, 3.63) is 43.8 Å². The summed E-state index contributed by atoms with van der Waals surface area (Å²) in [5, 5.41) is 0.879. The molecule has 2 heterocycles. The zero-order chi connectivity index (χ0) is 12.7. The van der Waals surface area contributed by atoms with Crippen LogP contribution in [0.4, 0.5) is 0 Å². The van der Waals surface area contributed by atoms with E-state index < -0.39 is 0 Å². The molecule has 0 radical (unpaired) electrons. The third-order valence-electron chi connectivity index (χ3n) is 2.88. The summed E-state index contributed by atoms with van der Waals surface area (Å²) in [6.45, 7) is 0. The van der Waals surface area contributed by atoms with Gasteiger partial charge in [0.15, 0.2) is 6.10 Å². The summed E-state index contributed by atoms with van der Waals surface area (Å²) in [6, 6.07) is 5.84. The van der Waals surface area contributed by atoms with E-state index >= 15 is 0 Å². The molecule has 2 atom stereocenters. The first-order chi connectivity index (χ1) is 8.63. The highest BCUT2D eigenvalue weighted by atomic mass is 79.9. The van der Waals surface area contributed by atoms with Crippen LogP contribution in [0.15, 0.2) is 28.9 Å². The van der Waals surface area contributed by atoms with Crippen LogP contribution in [0.2, 0.25) is 4.34 Å². The van der Waals surface area contributed by atoms with Gasteiger partial charge in [-0.05, 0) is 18.2 Å². The van der Waals surface area contributed by atoms with Gasteiger partial charge in [0.1, 0.15) is 15.1 Å². The average molecular weight is 346 g/mol. The minimum atomic E-state index is -0.105. The van der Waals surface area contributed by atoms with Crippen LogP contribution >= 0.6 is 38.9 Å². The maximum absolute atomic E-state index is 6.19. The highest BCUT2D eigenvalue weighted by molar-refractivity contribution is 9.10. The van der Waals surface area contributed by atoms with Crippen LogP contribution in [0.3, 0.4) is 0 Å². The number of hydrogen-bond donors (Lipinski definition) is 1. The van der Waals surface area contributed by atoms with Crippen LogP contribution in [-0.2, 0) is 0 Å². The highest BCUT2D eigenvalue weighted by Crippen LogP contribution is 2.41. The smallest absolute Gasteiger partial charge is 0.152 e. The van der Waals surface area contributed by atoms with E-state index in [-0.39, 0.29) is 12.1 Å². The van der Waals surface area contributed by atoms with Crippen molar-refractivity contribution in [2.24, 2.45) is 5.73 Å². The van der Waals surface area contributed by atoms with E-state index in [2.05, 4.69) is 20.9 Å². The highest BCUT2D eigenvalue weighted by Gasteiger charge is 2.29. The van der Waals surface area contributed by atoms with Gasteiger partial charge in [-0.1, -0.05) is 27.5 Å². The van der Waals surface area contributed by atoms with Gasteiger partial charge in [0, 0.05) is 22.5 Å². The summed E-state index contributed by atoms with van der Waals surface area (Å²) in [7, 11) is 0. The number of rotatable bonds is 1. The normalized spacial score (nSPS) is 22.4. The molecule has 2 N–H and O–H groups in total. The van der Waals surface area contributed by atoms with E-state index in [1.807, 2.05) is 18.2 Å². The minimum Gasteiger partial charge on any atom is -0.483 e. The fourth-order valence-electron chi connectivity index (χ4n) is 2.04. The third kappa shape index (κ3) is 2.28. The fourth-order valence-corrected chi connectivity index (χ4v) is 3.39. The largest absolute Gasteiger partial charge is 0.483 e. The van der Waals surface area contributed by atoms with Gasteiger partial charge >= 0.3 is 0 Å². The molecule has 2 aromatic rings. The van der Waals surface area contributed by atoms with Crippen molar-refractivity contribution in [2.75, 3.05) is 0 Å². The zero-order valence-electron chi connectivity index (χ0n) is 9.27. The number of thiazole rings is 1. The Morgan fingerprint density at radius 2 is 2.33 bits per heavy atom.